The summed E-state index contributed by atoms with van der Waals surface area (Å²) >= 11 is 0. The van der Waals surface area contributed by atoms with Gasteiger partial charge in [-0.2, -0.15) is 0 Å². The number of ether oxygens (including phenoxy) is 1. The molecule has 5 nitrogen and oxygen atoms in total. The molecule has 0 radical (unpaired) electrons. The van der Waals surface area contributed by atoms with Gasteiger partial charge in [0.25, 0.3) is 0 Å². The first-order chi connectivity index (χ1) is 12.6. The van der Waals surface area contributed by atoms with E-state index in [-0.39, 0.29) is 24.5 Å². The Morgan fingerprint density at radius 1 is 0.962 bits per heavy atom. The van der Waals surface area contributed by atoms with Crippen LogP contribution >= 0.6 is 0 Å². The Labute approximate surface area is 154 Å². The molecule has 0 spiro atoms. The van der Waals surface area contributed by atoms with Crippen LogP contribution in [0, 0.1) is 0 Å². The number of nitrogens with two attached hydrogens (primary N) is 1. The first kappa shape index (κ1) is 19.7. The Kier molecular flexibility index (Phi) is 7.83. The number of nitrogens with zero attached hydrogens (tertiary/aromatic N) is 1. The lowest BCUT2D eigenvalue weighted by Crippen LogP contribution is -2.37. The van der Waals surface area contributed by atoms with Crippen molar-refractivity contribution in [3.05, 3.63) is 65.7 Å². The van der Waals surface area contributed by atoms with Crippen LogP contribution in [0.1, 0.15) is 28.8 Å². The van der Waals surface area contributed by atoms with Crippen LogP contribution in [0.25, 0.3) is 0 Å². The minimum Gasteiger partial charge on any atom is -0.497 e. The van der Waals surface area contributed by atoms with Crippen molar-refractivity contribution in [3.63, 3.8) is 0 Å². The maximum absolute atomic E-state index is 12.5. The zero-order valence-corrected chi connectivity index (χ0v) is 15.2. The lowest BCUT2D eigenvalue weighted by molar-refractivity contribution is -0.131. The normalized spacial score (nSPS) is 10.4. The summed E-state index contributed by atoms with van der Waals surface area (Å²) in [5.41, 5.74) is 7.41. The average molecular weight is 354 g/mol. The molecule has 0 unspecified atom stereocenters. The summed E-state index contributed by atoms with van der Waals surface area (Å²) in [7, 11) is 1.58. The van der Waals surface area contributed by atoms with Gasteiger partial charge in [0, 0.05) is 38.0 Å². The van der Waals surface area contributed by atoms with Gasteiger partial charge >= 0.3 is 0 Å². The first-order valence-electron chi connectivity index (χ1n) is 8.83. The van der Waals surface area contributed by atoms with Crippen molar-refractivity contribution in [2.24, 2.45) is 5.73 Å². The fourth-order valence-electron chi connectivity index (χ4n) is 2.73. The number of hydrogen-bond donors (Lipinski definition) is 1. The molecule has 0 heterocycles. The number of rotatable bonds is 10. The molecule has 0 bridgehead atoms. The molecule has 0 fully saturated rings. The van der Waals surface area contributed by atoms with Gasteiger partial charge in [0.2, 0.25) is 5.91 Å². The van der Waals surface area contributed by atoms with Gasteiger partial charge in [-0.3, -0.25) is 9.59 Å². The molecule has 26 heavy (non-hydrogen) atoms. The number of carbonyl (C=O) groups is 2. The standard InChI is InChI=1S/C21H26N2O3/c1-26-19-9-7-18(8-10-19)20(24)11-12-21(25)23(16-14-22)15-13-17-5-3-2-4-6-17/h2-10H,11-16,22H2,1H3. The van der Waals surface area contributed by atoms with E-state index in [0.29, 0.717) is 30.9 Å². The number of benzene rings is 2. The second-order valence-corrected chi connectivity index (χ2v) is 6.06. The highest BCUT2D eigenvalue weighted by Crippen LogP contribution is 2.14. The third-order valence-corrected chi connectivity index (χ3v) is 4.24. The van der Waals surface area contributed by atoms with Crippen LogP contribution in [-0.2, 0) is 11.2 Å². The van der Waals surface area contributed by atoms with Crippen molar-refractivity contribution in [1.82, 2.24) is 4.90 Å². The maximum atomic E-state index is 12.5. The molecular weight excluding hydrogens is 328 g/mol. The number of carbonyl (C=O) groups excluding carboxylic acids is 2. The lowest BCUT2D eigenvalue weighted by Gasteiger charge is -2.22. The van der Waals surface area contributed by atoms with Crippen LogP contribution in [0.15, 0.2) is 54.6 Å². The van der Waals surface area contributed by atoms with Gasteiger partial charge in [0.1, 0.15) is 5.75 Å². The topological polar surface area (TPSA) is 72.6 Å². The molecule has 2 aromatic carbocycles. The van der Waals surface area contributed by atoms with E-state index in [1.54, 1.807) is 36.3 Å². The van der Waals surface area contributed by atoms with E-state index in [2.05, 4.69) is 0 Å². The quantitative estimate of drug-likeness (QED) is 0.666. The molecular formula is C21H26N2O3. The van der Waals surface area contributed by atoms with E-state index in [9.17, 15) is 9.59 Å². The van der Waals surface area contributed by atoms with Crippen LogP contribution in [0.3, 0.4) is 0 Å². The smallest absolute Gasteiger partial charge is 0.223 e. The third-order valence-electron chi connectivity index (χ3n) is 4.24. The Hall–Kier alpha value is -2.66. The van der Waals surface area contributed by atoms with Gasteiger partial charge in [-0.05, 0) is 36.2 Å². The van der Waals surface area contributed by atoms with Crippen LogP contribution in [0.4, 0.5) is 0 Å². The largest absolute Gasteiger partial charge is 0.497 e. The predicted octanol–water partition coefficient (Wildman–Crippen LogP) is 2.69. The molecule has 0 aliphatic carbocycles. The van der Waals surface area contributed by atoms with Crippen molar-refractivity contribution in [2.75, 3.05) is 26.7 Å². The van der Waals surface area contributed by atoms with Crippen LogP contribution in [-0.4, -0.2) is 43.3 Å². The Balaban J connectivity index is 1.86. The number of methoxy groups -OCH3 is 1. The van der Waals surface area contributed by atoms with Gasteiger partial charge in [-0.1, -0.05) is 30.3 Å². The predicted molar refractivity (Wildman–Crippen MR) is 102 cm³/mol. The van der Waals surface area contributed by atoms with E-state index in [1.807, 2.05) is 30.3 Å². The second kappa shape index (κ2) is 10.4. The molecule has 0 saturated heterocycles. The van der Waals surface area contributed by atoms with E-state index < -0.39 is 0 Å². The SMILES string of the molecule is COc1ccc(C(=O)CCC(=O)N(CCN)CCc2ccccc2)cc1. The summed E-state index contributed by atoms with van der Waals surface area (Å²) in [6.45, 7) is 1.52. The highest BCUT2D eigenvalue weighted by Gasteiger charge is 2.15. The van der Waals surface area contributed by atoms with Gasteiger partial charge in [-0.15, -0.1) is 0 Å². The maximum Gasteiger partial charge on any atom is 0.223 e. The first-order valence-corrected chi connectivity index (χ1v) is 8.83. The van der Waals surface area contributed by atoms with Gasteiger partial charge < -0.3 is 15.4 Å². The molecule has 138 valence electrons. The zero-order valence-electron chi connectivity index (χ0n) is 15.2. The third kappa shape index (κ3) is 6.01. The summed E-state index contributed by atoms with van der Waals surface area (Å²) in [5, 5.41) is 0. The van der Waals surface area contributed by atoms with Crippen LogP contribution in [0.5, 0.6) is 5.75 Å². The monoisotopic (exact) mass is 354 g/mol. The molecule has 0 saturated carbocycles. The number of hydrogen-bond acceptors (Lipinski definition) is 4. The Bertz CT molecular complexity index is 699. The molecule has 0 atom stereocenters. The molecule has 0 aromatic heterocycles. The van der Waals surface area contributed by atoms with Gasteiger partial charge in [-0.25, -0.2) is 0 Å². The molecule has 1 amide bonds. The number of Topliss-reactive ketones (excluding diaryl/α,β-unsaturated/α-hetero) is 1. The highest BCUT2D eigenvalue weighted by atomic mass is 16.5. The van der Waals surface area contributed by atoms with Crippen molar-refractivity contribution < 1.29 is 14.3 Å². The van der Waals surface area contributed by atoms with Crippen molar-refractivity contribution in [1.29, 1.82) is 0 Å². The van der Waals surface area contributed by atoms with Gasteiger partial charge in [0.05, 0.1) is 7.11 Å². The Morgan fingerprint density at radius 2 is 1.65 bits per heavy atom. The summed E-state index contributed by atoms with van der Waals surface area (Å²) in [6.07, 6.45) is 1.16. The molecule has 0 aliphatic rings. The van der Waals surface area contributed by atoms with Crippen molar-refractivity contribution >= 4 is 11.7 Å². The fraction of sp³-hybridized carbons (Fsp3) is 0.333. The summed E-state index contributed by atoms with van der Waals surface area (Å²) < 4.78 is 5.08. The van der Waals surface area contributed by atoms with E-state index in [1.165, 1.54) is 5.56 Å². The van der Waals surface area contributed by atoms with E-state index >= 15 is 0 Å². The van der Waals surface area contributed by atoms with Crippen molar-refractivity contribution in [3.8, 4) is 5.75 Å². The van der Waals surface area contributed by atoms with Crippen molar-refractivity contribution in [2.45, 2.75) is 19.3 Å². The molecule has 2 aromatic rings. The number of ketones is 1. The van der Waals surface area contributed by atoms with E-state index in [4.69, 9.17) is 10.5 Å². The number of amides is 1. The lowest BCUT2D eigenvalue weighted by atomic mass is 10.1. The van der Waals surface area contributed by atoms with Gasteiger partial charge in [0.15, 0.2) is 5.78 Å². The molecule has 2 N–H and O–H groups in total. The molecule has 2 rings (SSSR count). The highest BCUT2D eigenvalue weighted by molar-refractivity contribution is 5.98. The summed E-state index contributed by atoms with van der Waals surface area (Å²) in [6, 6.07) is 17.0. The van der Waals surface area contributed by atoms with Crippen LogP contribution < -0.4 is 10.5 Å². The Morgan fingerprint density at radius 3 is 2.27 bits per heavy atom. The van der Waals surface area contributed by atoms with E-state index in [0.717, 1.165) is 6.42 Å². The zero-order chi connectivity index (χ0) is 18.8. The fourth-order valence-corrected chi connectivity index (χ4v) is 2.73. The minimum absolute atomic E-state index is 0.0340. The van der Waals surface area contributed by atoms with Crippen LogP contribution in [0.2, 0.25) is 0 Å². The average Bonchev–Trinajstić information content (AvgIpc) is 2.69. The minimum atomic E-state index is -0.0447. The summed E-state index contributed by atoms with van der Waals surface area (Å²) in [5.74, 6) is 0.623. The second-order valence-electron chi connectivity index (χ2n) is 6.06. The molecule has 5 heteroatoms. The summed E-state index contributed by atoms with van der Waals surface area (Å²) in [4.78, 5) is 26.5. The molecule has 0 aliphatic heterocycles.